The molecule has 0 saturated heterocycles. The Kier molecular flexibility index (Phi) is 7.75. The summed E-state index contributed by atoms with van der Waals surface area (Å²) >= 11 is 0. The van der Waals surface area contributed by atoms with Crippen LogP contribution in [0.15, 0.2) is 199 Å². The molecule has 0 aliphatic carbocycles. The lowest BCUT2D eigenvalue weighted by Crippen LogP contribution is -2.11. The number of aryl methyl sites for hydroxylation is 1. The number of benzene rings is 8. The first-order valence-electron chi connectivity index (χ1n) is 17.4. The van der Waals surface area contributed by atoms with Gasteiger partial charge in [0.05, 0.1) is 5.69 Å². The van der Waals surface area contributed by atoms with Crippen LogP contribution in [0, 0.1) is 6.92 Å². The maximum atomic E-state index is 6.32. The third-order valence-corrected chi connectivity index (χ3v) is 9.88. The van der Waals surface area contributed by atoms with Crippen LogP contribution >= 0.6 is 0 Å². The molecule has 8 aromatic carbocycles. The molecule has 2 nitrogen and oxygen atoms in total. The molecular formula is C49H35NO. The van der Waals surface area contributed by atoms with Gasteiger partial charge in [0.15, 0.2) is 0 Å². The zero-order valence-corrected chi connectivity index (χ0v) is 28.3. The molecule has 9 aromatic rings. The van der Waals surface area contributed by atoms with Gasteiger partial charge in [0.2, 0.25) is 0 Å². The van der Waals surface area contributed by atoms with Crippen molar-refractivity contribution in [2.45, 2.75) is 6.92 Å². The second kappa shape index (κ2) is 13.0. The first-order valence-corrected chi connectivity index (χ1v) is 17.4. The largest absolute Gasteiger partial charge is 0.456 e. The topological polar surface area (TPSA) is 16.4 Å². The quantitative estimate of drug-likeness (QED) is 0.170. The van der Waals surface area contributed by atoms with Crippen molar-refractivity contribution in [3.8, 4) is 44.7 Å². The van der Waals surface area contributed by atoms with E-state index in [-0.39, 0.29) is 0 Å². The van der Waals surface area contributed by atoms with Gasteiger partial charge in [-0.05, 0) is 88.0 Å². The molecule has 0 atom stereocenters. The van der Waals surface area contributed by atoms with Crippen molar-refractivity contribution in [2.75, 3.05) is 4.90 Å². The summed E-state index contributed by atoms with van der Waals surface area (Å²) in [5.41, 5.74) is 13.6. The molecule has 0 aliphatic rings. The maximum absolute atomic E-state index is 6.32. The van der Waals surface area contributed by atoms with Crippen molar-refractivity contribution in [3.05, 3.63) is 200 Å². The number of furan rings is 1. The second-order valence-corrected chi connectivity index (χ2v) is 13.0. The van der Waals surface area contributed by atoms with Crippen LogP contribution in [0.4, 0.5) is 17.1 Å². The van der Waals surface area contributed by atoms with Crippen LogP contribution in [0.3, 0.4) is 0 Å². The minimum atomic E-state index is 0.917. The van der Waals surface area contributed by atoms with Crippen molar-refractivity contribution < 1.29 is 4.42 Å². The number of anilines is 3. The summed E-state index contributed by atoms with van der Waals surface area (Å²) in [6, 6.07) is 69.2. The minimum absolute atomic E-state index is 0.917. The number of fused-ring (bicyclic) bond motifs is 2. The number of para-hydroxylation sites is 2. The van der Waals surface area contributed by atoms with Crippen LogP contribution in [0.25, 0.3) is 66.4 Å². The van der Waals surface area contributed by atoms with E-state index in [1.54, 1.807) is 0 Å². The average Bonchev–Trinajstić information content (AvgIpc) is 3.55. The monoisotopic (exact) mass is 653 g/mol. The van der Waals surface area contributed by atoms with E-state index in [0.29, 0.717) is 0 Å². The maximum Gasteiger partial charge on any atom is 0.138 e. The third-order valence-electron chi connectivity index (χ3n) is 9.88. The Hall–Kier alpha value is -6.64. The molecule has 9 rings (SSSR count). The summed E-state index contributed by atoms with van der Waals surface area (Å²) < 4.78 is 6.32. The highest BCUT2D eigenvalue weighted by Gasteiger charge is 2.18. The standard InChI is InChI=1S/C49H35NO/c1-34-43-19-8-10-24-48(43)51-49(34)40-18-11-17-39(33-40)35-25-29-41(30-26-35)50(47-23-9-7-21-46(47)37-13-3-2-4-14-37)42-31-27-38(28-32-42)45-22-12-16-36-15-5-6-20-44(36)45/h2-33H,1H3. The molecule has 2 heteroatoms. The van der Waals surface area contributed by atoms with Crippen molar-refractivity contribution in [1.29, 1.82) is 0 Å². The Labute approximate surface area is 298 Å². The van der Waals surface area contributed by atoms with Gasteiger partial charge in [-0.1, -0.05) is 152 Å². The van der Waals surface area contributed by atoms with Gasteiger partial charge in [-0.2, -0.15) is 0 Å². The van der Waals surface area contributed by atoms with Gasteiger partial charge in [-0.25, -0.2) is 0 Å². The van der Waals surface area contributed by atoms with Gasteiger partial charge >= 0.3 is 0 Å². The molecule has 0 N–H and O–H groups in total. The SMILES string of the molecule is Cc1c(-c2cccc(-c3ccc(N(c4ccc(-c5cccc6ccccc56)cc4)c4ccccc4-c4ccccc4)cc3)c2)oc2ccccc12. The Bertz CT molecular complexity index is 2630. The van der Waals surface area contributed by atoms with Gasteiger partial charge in [-0.3, -0.25) is 0 Å². The van der Waals surface area contributed by atoms with E-state index < -0.39 is 0 Å². The first kappa shape index (κ1) is 30.4. The van der Waals surface area contributed by atoms with Crippen LogP contribution in [0.5, 0.6) is 0 Å². The van der Waals surface area contributed by atoms with Gasteiger partial charge in [0.25, 0.3) is 0 Å². The average molecular weight is 654 g/mol. The summed E-state index contributed by atoms with van der Waals surface area (Å²) in [6.45, 7) is 2.14. The van der Waals surface area contributed by atoms with Crippen molar-refractivity contribution >= 4 is 38.8 Å². The molecule has 0 radical (unpaired) electrons. The molecule has 0 spiro atoms. The highest BCUT2D eigenvalue weighted by Crippen LogP contribution is 2.42. The Morgan fingerprint density at radius 1 is 0.392 bits per heavy atom. The molecule has 0 aliphatic heterocycles. The zero-order chi connectivity index (χ0) is 34.1. The summed E-state index contributed by atoms with van der Waals surface area (Å²) in [6.07, 6.45) is 0. The van der Waals surface area contributed by atoms with E-state index in [9.17, 15) is 0 Å². The van der Waals surface area contributed by atoms with Crippen molar-refractivity contribution in [1.82, 2.24) is 0 Å². The lowest BCUT2D eigenvalue weighted by molar-refractivity contribution is 0.629. The fourth-order valence-electron chi connectivity index (χ4n) is 7.32. The van der Waals surface area contributed by atoms with Gasteiger partial charge < -0.3 is 9.32 Å². The number of nitrogens with zero attached hydrogens (tertiary/aromatic N) is 1. The predicted molar refractivity (Wildman–Crippen MR) is 215 cm³/mol. The molecule has 1 aromatic heterocycles. The molecule has 0 fully saturated rings. The second-order valence-electron chi connectivity index (χ2n) is 13.0. The lowest BCUT2D eigenvalue weighted by atomic mass is 9.97. The Morgan fingerprint density at radius 2 is 0.941 bits per heavy atom. The summed E-state index contributed by atoms with van der Waals surface area (Å²) in [5, 5.41) is 3.66. The fraction of sp³-hybridized carbons (Fsp3) is 0.0204. The van der Waals surface area contributed by atoms with Gasteiger partial charge in [0.1, 0.15) is 11.3 Å². The van der Waals surface area contributed by atoms with E-state index in [1.165, 1.54) is 33.0 Å². The van der Waals surface area contributed by atoms with Gasteiger partial charge in [-0.15, -0.1) is 0 Å². The van der Waals surface area contributed by atoms with Crippen molar-refractivity contribution in [3.63, 3.8) is 0 Å². The van der Waals surface area contributed by atoms with Gasteiger partial charge in [0, 0.05) is 33.5 Å². The number of hydrogen-bond acceptors (Lipinski definition) is 2. The van der Waals surface area contributed by atoms with E-state index in [2.05, 4.69) is 194 Å². The molecule has 242 valence electrons. The third kappa shape index (κ3) is 5.67. The molecular weight excluding hydrogens is 619 g/mol. The summed E-state index contributed by atoms with van der Waals surface area (Å²) in [7, 11) is 0. The molecule has 0 unspecified atom stereocenters. The highest BCUT2D eigenvalue weighted by molar-refractivity contribution is 5.97. The Balaban J connectivity index is 1.12. The Morgan fingerprint density at radius 3 is 1.73 bits per heavy atom. The van der Waals surface area contributed by atoms with E-state index in [0.717, 1.165) is 56.0 Å². The molecule has 0 saturated carbocycles. The molecule has 1 heterocycles. The van der Waals surface area contributed by atoms with Crippen LogP contribution in [0.1, 0.15) is 5.56 Å². The first-order chi connectivity index (χ1) is 25.2. The summed E-state index contributed by atoms with van der Waals surface area (Å²) in [4.78, 5) is 2.37. The van der Waals surface area contributed by atoms with Crippen molar-refractivity contribution in [2.24, 2.45) is 0 Å². The molecule has 0 amide bonds. The minimum Gasteiger partial charge on any atom is -0.456 e. The predicted octanol–water partition coefficient (Wildman–Crippen LogP) is 14.0. The molecule has 0 bridgehead atoms. The van der Waals surface area contributed by atoms with Crippen LogP contribution < -0.4 is 4.90 Å². The lowest BCUT2D eigenvalue weighted by Gasteiger charge is -2.28. The highest BCUT2D eigenvalue weighted by atomic mass is 16.3. The van der Waals surface area contributed by atoms with E-state index in [4.69, 9.17) is 4.42 Å². The normalized spacial score (nSPS) is 11.2. The number of hydrogen-bond donors (Lipinski definition) is 0. The van der Waals surface area contributed by atoms with E-state index in [1.807, 2.05) is 12.1 Å². The smallest absolute Gasteiger partial charge is 0.138 e. The van der Waals surface area contributed by atoms with Crippen LogP contribution in [-0.2, 0) is 0 Å². The zero-order valence-electron chi connectivity index (χ0n) is 28.3. The van der Waals surface area contributed by atoms with Crippen LogP contribution in [-0.4, -0.2) is 0 Å². The fourth-order valence-corrected chi connectivity index (χ4v) is 7.32. The number of rotatable bonds is 7. The molecule has 51 heavy (non-hydrogen) atoms. The summed E-state index contributed by atoms with van der Waals surface area (Å²) in [5.74, 6) is 0.922. The van der Waals surface area contributed by atoms with Crippen LogP contribution in [0.2, 0.25) is 0 Å². The van der Waals surface area contributed by atoms with E-state index >= 15 is 0 Å².